The molecule has 10 nitrogen and oxygen atoms in total. The Morgan fingerprint density at radius 1 is 0.857 bits per heavy atom. The second kappa shape index (κ2) is 8.10. The third kappa shape index (κ3) is 4.47. The van der Waals surface area contributed by atoms with Gasteiger partial charge in [0.15, 0.2) is 0 Å². The molecule has 2 aromatic carbocycles. The van der Waals surface area contributed by atoms with Crippen molar-refractivity contribution in [1.29, 1.82) is 0 Å². The summed E-state index contributed by atoms with van der Waals surface area (Å²) in [5.41, 5.74) is -0.280. The van der Waals surface area contributed by atoms with Gasteiger partial charge >= 0.3 is 7.60 Å². The second-order valence-corrected chi connectivity index (χ2v) is 7.70. The molecule has 0 fully saturated rings. The zero-order valence-corrected chi connectivity index (χ0v) is 15.3. The van der Waals surface area contributed by atoms with Crippen LogP contribution in [0.25, 0.3) is 0 Å². The standard InChI is InChI=1S/C17H15N2O8P/c20-18(21)13-3-7-15(8-4-13)26-28(24,17-2-1-11-25-12-17)27-16-9-5-14(6-10-16)19(22)23/h3-10,12H,1-2,11H2. The van der Waals surface area contributed by atoms with E-state index in [4.69, 9.17) is 13.8 Å². The zero-order chi connectivity index (χ0) is 20.1. The van der Waals surface area contributed by atoms with Crippen LogP contribution in [0.4, 0.5) is 11.4 Å². The second-order valence-electron chi connectivity index (χ2n) is 5.77. The summed E-state index contributed by atoms with van der Waals surface area (Å²) in [4.78, 5) is 20.4. The van der Waals surface area contributed by atoms with Crippen LogP contribution in [-0.2, 0) is 9.30 Å². The normalized spacial score (nSPS) is 13.8. The summed E-state index contributed by atoms with van der Waals surface area (Å²) in [7, 11) is -3.92. The molecular weight excluding hydrogens is 391 g/mol. The fourth-order valence-electron chi connectivity index (χ4n) is 2.42. The predicted molar refractivity (Wildman–Crippen MR) is 98.3 cm³/mol. The first kappa shape index (κ1) is 19.4. The van der Waals surface area contributed by atoms with E-state index in [0.717, 1.165) is 0 Å². The van der Waals surface area contributed by atoms with E-state index >= 15 is 0 Å². The van der Waals surface area contributed by atoms with E-state index in [-0.39, 0.29) is 22.9 Å². The molecule has 0 bridgehead atoms. The molecule has 146 valence electrons. The highest BCUT2D eigenvalue weighted by molar-refractivity contribution is 7.59. The highest BCUT2D eigenvalue weighted by Crippen LogP contribution is 2.57. The van der Waals surface area contributed by atoms with Crippen LogP contribution < -0.4 is 9.05 Å². The first-order valence-corrected chi connectivity index (χ1v) is 9.71. The van der Waals surface area contributed by atoms with Gasteiger partial charge in [-0.3, -0.25) is 20.2 Å². The molecule has 0 aromatic heterocycles. The van der Waals surface area contributed by atoms with E-state index < -0.39 is 17.4 Å². The highest BCUT2D eigenvalue weighted by atomic mass is 31.2. The highest BCUT2D eigenvalue weighted by Gasteiger charge is 2.35. The molecule has 0 amide bonds. The maximum Gasteiger partial charge on any atom is 0.461 e. The Labute approximate surface area is 159 Å². The van der Waals surface area contributed by atoms with Gasteiger partial charge in [0.2, 0.25) is 0 Å². The molecule has 0 spiro atoms. The lowest BCUT2D eigenvalue weighted by Gasteiger charge is -2.24. The number of benzene rings is 2. The smallest absolute Gasteiger partial charge is 0.461 e. The van der Waals surface area contributed by atoms with Crippen LogP contribution in [0.1, 0.15) is 12.8 Å². The lowest BCUT2D eigenvalue weighted by molar-refractivity contribution is -0.385. The van der Waals surface area contributed by atoms with Crippen LogP contribution >= 0.6 is 7.60 Å². The Morgan fingerprint density at radius 3 is 1.68 bits per heavy atom. The number of hydrogen-bond acceptors (Lipinski definition) is 8. The molecule has 1 heterocycles. The third-order valence-corrected chi connectivity index (χ3v) is 5.75. The van der Waals surface area contributed by atoms with Gasteiger partial charge in [-0.15, -0.1) is 0 Å². The van der Waals surface area contributed by atoms with E-state index in [9.17, 15) is 24.8 Å². The van der Waals surface area contributed by atoms with Gasteiger partial charge in [0.25, 0.3) is 11.4 Å². The molecule has 0 atom stereocenters. The van der Waals surface area contributed by atoms with Crippen molar-refractivity contribution in [3.05, 3.63) is 80.3 Å². The molecule has 3 rings (SSSR count). The van der Waals surface area contributed by atoms with Crippen LogP contribution in [-0.4, -0.2) is 16.5 Å². The van der Waals surface area contributed by atoms with E-state index in [0.29, 0.717) is 24.8 Å². The lowest BCUT2D eigenvalue weighted by Crippen LogP contribution is -2.08. The Morgan fingerprint density at radius 2 is 1.32 bits per heavy atom. The first-order valence-electron chi connectivity index (χ1n) is 8.17. The number of hydrogen-bond donors (Lipinski definition) is 0. The summed E-state index contributed by atoms with van der Waals surface area (Å²) < 4.78 is 29.9. The average Bonchev–Trinajstić information content (AvgIpc) is 2.69. The molecule has 1 aliphatic heterocycles. The van der Waals surface area contributed by atoms with Crippen molar-refractivity contribution in [2.75, 3.05) is 6.61 Å². The Balaban J connectivity index is 1.89. The van der Waals surface area contributed by atoms with Crippen molar-refractivity contribution in [1.82, 2.24) is 0 Å². The van der Waals surface area contributed by atoms with Crippen molar-refractivity contribution in [3.63, 3.8) is 0 Å². The van der Waals surface area contributed by atoms with E-state index in [1.54, 1.807) is 0 Å². The lowest BCUT2D eigenvalue weighted by atomic mass is 10.3. The number of non-ortho nitro benzene ring substituents is 2. The predicted octanol–water partition coefficient (Wildman–Crippen LogP) is 4.81. The quantitative estimate of drug-likeness (QED) is 0.364. The number of allylic oxidation sites excluding steroid dienone is 1. The monoisotopic (exact) mass is 406 g/mol. The summed E-state index contributed by atoms with van der Waals surface area (Å²) in [6.45, 7) is 0.471. The van der Waals surface area contributed by atoms with Crippen molar-refractivity contribution in [3.8, 4) is 11.5 Å². The van der Waals surface area contributed by atoms with E-state index in [1.807, 2.05) is 0 Å². The average molecular weight is 406 g/mol. The number of ether oxygens (including phenoxy) is 1. The van der Waals surface area contributed by atoms with Gasteiger partial charge in [0.05, 0.1) is 22.7 Å². The van der Waals surface area contributed by atoms with Crippen LogP contribution in [0.2, 0.25) is 0 Å². The maximum absolute atomic E-state index is 13.5. The van der Waals surface area contributed by atoms with Gasteiger partial charge in [0.1, 0.15) is 16.8 Å². The van der Waals surface area contributed by atoms with Gasteiger partial charge in [-0.05, 0) is 37.1 Å². The fourth-order valence-corrected chi connectivity index (χ4v) is 4.13. The summed E-state index contributed by atoms with van der Waals surface area (Å²) in [6.07, 6.45) is 2.35. The van der Waals surface area contributed by atoms with Crippen molar-refractivity contribution >= 4 is 19.0 Å². The minimum Gasteiger partial charge on any atom is -0.500 e. The Bertz CT molecular complexity index is 893. The molecule has 0 saturated carbocycles. The topological polar surface area (TPSA) is 131 Å². The maximum atomic E-state index is 13.5. The SMILES string of the molecule is O=[N+]([O-])c1ccc(OP(=O)(Oc2ccc([N+](=O)[O-])cc2)C2=COCCC2)cc1. The molecule has 1 aliphatic rings. The van der Waals surface area contributed by atoms with Crippen LogP contribution in [0.15, 0.2) is 60.1 Å². The molecule has 0 aliphatic carbocycles. The minimum atomic E-state index is -3.92. The molecule has 11 heteroatoms. The molecule has 0 unspecified atom stereocenters. The van der Waals surface area contributed by atoms with Crippen molar-refractivity contribution in [2.24, 2.45) is 0 Å². The van der Waals surface area contributed by atoms with Crippen LogP contribution in [0.5, 0.6) is 11.5 Å². The summed E-state index contributed by atoms with van der Waals surface area (Å²) in [5.74, 6) is 0.227. The number of nitro benzene ring substituents is 2. The van der Waals surface area contributed by atoms with Gasteiger partial charge in [0, 0.05) is 24.3 Å². The minimum absolute atomic E-state index is 0.113. The zero-order valence-electron chi connectivity index (χ0n) is 14.4. The van der Waals surface area contributed by atoms with Gasteiger partial charge in [-0.1, -0.05) is 0 Å². The molecule has 0 radical (unpaired) electrons. The first-order chi connectivity index (χ1) is 13.4. The number of nitro groups is 2. The van der Waals surface area contributed by atoms with Crippen molar-refractivity contribution in [2.45, 2.75) is 12.8 Å². The summed E-state index contributed by atoms with van der Waals surface area (Å²) in [5, 5.41) is 21.8. The molecule has 2 aromatic rings. The molecule has 0 saturated heterocycles. The molecule has 28 heavy (non-hydrogen) atoms. The number of nitrogens with zero attached hydrogens (tertiary/aromatic N) is 2. The van der Waals surface area contributed by atoms with Crippen LogP contribution in [0, 0.1) is 20.2 Å². The van der Waals surface area contributed by atoms with Gasteiger partial charge in [-0.2, -0.15) is 0 Å². The van der Waals surface area contributed by atoms with Gasteiger partial charge in [-0.25, -0.2) is 4.57 Å². The van der Waals surface area contributed by atoms with Crippen LogP contribution in [0.3, 0.4) is 0 Å². The van der Waals surface area contributed by atoms with Gasteiger partial charge < -0.3 is 13.8 Å². The van der Waals surface area contributed by atoms with E-state index in [2.05, 4.69) is 0 Å². The third-order valence-electron chi connectivity index (χ3n) is 3.81. The summed E-state index contributed by atoms with van der Waals surface area (Å²) >= 11 is 0. The molecular formula is C17H15N2O8P. The fraction of sp³-hybridized carbons (Fsp3) is 0.176. The summed E-state index contributed by atoms with van der Waals surface area (Å²) in [6, 6.07) is 10.1. The van der Waals surface area contributed by atoms with Crippen molar-refractivity contribution < 1.29 is 28.2 Å². The molecule has 0 N–H and O–H groups in total. The Hall–Kier alpha value is -3.39. The number of rotatable bonds is 7. The largest absolute Gasteiger partial charge is 0.500 e. The Kier molecular flexibility index (Phi) is 5.60. The van der Waals surface area contributed by atoms with E-state index in [1.165, 1.54) is 54.8 Å².